The first-order valence-corrected chi connectivity index (χ1v) is 7.34. The topological polar surface area (TPSA) is 29.9 Å². The van der Waals surface area contributed by atoms with Crippen molar-refractivity contribution in [2.45, 2.75) is 53.5 Å². The predicted molar refractivity (Wildman–Crippen MR) is 77.7 cm³/mol. The summed E-state index contributed by atoms with van der Waals surface area (Å²) in [7, 11) is 0. The predicted octanol–water partition coefficient (Wildman–Crippen LogP) is 3.11. The molecule has 1 heterocycles. The Balaban J connectivity index is 2.24. The van der Waals surface area contributed by atoms with Crippen LogP contribution >= 0.6 is 0 Å². The lowest BCUT2D eigenvalue weighted by atomic mass is 10.1. The molecule has 0 saturated carbocycles. The van der Waals surface area contributed by atoms with Gasteiger partial charge in [0, 0.05) is 25.4 Å². The Kier molecular flexibility index (Phi) is 7.02. The van der Waals surface area contributed by atoms with Crippen LogP contribution in [0.15, 0.2) is 12.4 Å². The molecule has 1 atom stereocenters. The van der Waals surface area contributed by atoms with Gasteiger partial charge < -0.3 is 9.88 Å². The van der Waals surface area contributed by atoms with E-state index in [0.29, 0.717) is 0 Å². The van der Waals surface area contributed by atoms with E-state index in [2.05, 4.69) is 48.8 Å². The largest absolute Gasteiger partial charge is 0.335 e. The Bertz CT molecular complexity index is 317. The van der Waals surface area contributed by atoms with Gasteiger partial charge in [-0.1, -0.05) is 27.7 Å². The molecule has 0 spiro atoms. The first kappa shape index (κ1) is 15.2. The highest BCUT2D eigenvalue weighted by Crippen LogP contribution is 2.08. The molecule has 1 aromatic rings. The fourth-order valence-corrected chi connectivity index (χ4v) is 2.11. The average molecular weight is 251 g/mol. The summed E-state index contributed by atoms with van der Waals surface area (Å²) in [5, 5.41) is 3.53. The van der Waals surface area contributed by atoms with Gasteiger partial charge in [0.2, 0.25) is 0 Å². The molecule has 0 fully saturated rings. The van der Waals surface area contributed by atoms with Crippen molar-refractivity contribution in [3.63, 3.8) is 0 Å². The number of nitrogens with one attached hydrogen (secondary N) is 1. The van der Waals surface area contributed by atoms with Crippen LogP contribution in [-0.4, -0.2) is 22.6 Å². The van der Waals surface area contributed by atoms with Crippen LogP contribution in [0.2, 0.25) is 0 Å². The number of hydrogen-bond acceptors (Lipinski definition) is 2. The highest BCUT2D eigenvalue weighted by Gasteiger charge is 2.06. The molecule has 1 aromatic heterocycles. The second-order valence-electron chi connectivity index (χ2n) is 5.73. The zero-order chi connectivity index (χ0) is 13.4. The van der Waals surface area contributed by atoms with Crippen molar-refractivity contribution in [2.24, 2.45) is 11.8 Å². The lowest BCUT2D eigenvalue weighted by Crippen LogP contribution is -2.25. The molecular weight excluding hydrogens is 222 g/mol. The van der Waals surface area contributed by atoms with E-state index in [9.17, 15) is 0 Å². The summed E-state index contributed by atoms with van der Waals surface area (Å²) in [5.41, 5.74) is 0. The number of aromatic nitrogens is 2. The van der Waals surface area contributed by atoms with Gasteiger partial charge in [0.15, 0.2) is 0 Å². The fraction of sp³-hybridized carbons (Fsp3) is 0.800. The first-order valence-electron chi connectivity index (χ1n) is 7.34. The van der Waals surface area contributed by atoms with Crippen molar-refractivity contribution in [1.29, 1.82) is 0 Å². The molecule has 1 rings (SSSR count). The molecule has 0 aromatic carbocycles. The molecule has 3 heteroatoms. The van der Waals surface area contributed by atoms with E-state index in [-0.39, 0.29) is 0 Å². The van der Waals surface area contributed by atoms with Crippen molar-refractivity contribution in [2.75, 3.05) is 13.1 Å². The van der Waals surface area contributed by atoms with E-state index in [4.69, 9.17) is 0 Å². The van der Waals surface area contributed by atoms with Crippen LogP contribution in [0, 0.1) is 11.8 Å². The molecule has 18 heavy (non-hydrogen) atoms. The minimum absolute atomic E-state index is 0.718. The van der Waals surface area contributed by atoms with Crippen molar-refractivity contribution in [3.05, 3.63) is 18.2 Å². The highest BCUT2D eigenvalue weighted by molar-refractivity contribution is 4.92. The highest BCUT2D eigenvalue weighted by atomic mass is 15.1. The lowest BCUT2D eigenvalue weighted by Gasteiger charge is -2.14. The summed E-state index contributed by atoms with van der Waals surface area (Å²) >= 11 is 0. The van der Waals surface area contributed by atoms with Crippen LogP contribution in [0.5, 0.6) is 0 Å². The molecule has 0 aliphatic rings. The van der Waals surface area contributed by atoms with Crippen LogP contribution in [0.4, 0.5) is 0 Å². The van der Waals surface area contributed by atoms with Crippen LogP contribution in [0.25, 0.3) is 0 Å². The third-order valence-corrected chi connectivity index (χ3v) is 3.17. The number of rotatable bonds is 9. The number of hydrogen-bond donors (Lipinski definition) is 1. The van der Waals surface area contributed by atoms with Crippen LogP contribution < -0.4 is 5.32 Å². The monoisotopic (exact) mass is 251 g/mol. The second kappa shape index (κ2) is 8.30. The van der Waals surface area contributed by atoms with Crippen molar-refractivity contribution < 1.29 is 0 Å². The van der Waals surface area contributed by atoms with Gasteiger partial charge in [-0.15, -0.1) is 0 Å². The molecule has 0 aliphatic heterocycles. The second-order valence-corrected chi connectivity index (χ2v) is 5.73. The van der Waals surface area contributed by atoms with E-state index in [0.717, 1.165) is 37.9 Å². The zero-order valence-electron chi connectivity index (χ0n) is 12.4. The van der Waals surface area contributed by atoms with Crippen molar-refractivity contribution in [3.8, 4) is 0 Å². The molecule has 1 N–H and O–H groups in total. The smallest absolute Gasteiger partial charge is 0.108 e. The fourth-order valence-electron chi connectivity index (χ4n) is 2.11. The van der Waals surface area contributed by atoms with Crippen LogP contribution in [-0.2, 0) is 13.0 Å². The van der Waals surface area contributed by atoms with E-state index < -0.39 is 0 Å². The van der Waals surface area contributed by atoms with Gasteiger partial charge in [-0.25, -0.2) is 4.98 Å². The molecule has 0 saturated heterocycles. The SMILES string of the molecule is CCCn1ccnc1CCC(C)CNCC(C)C. The Hall–Kier alpha value is -0.830. The number of nitrogens with zero attached hydrogens (tertiary/aromatic N) is 2. The molecule has 0 aliphatic carbocycles. The Morgan fingerprint density at radius 2 is 2.06 bits per heavy atom. The molecule has 0 radical (unpaired) electrons. The standard InChI is InChI=1S/C15H29N3/c1-5-9-18-10-8-17-15(18)7-6-14(4)12-16-11-13(2)3/h8,10,13-14,16H,5-7,9,11-12H2,1-4H3. The quantitative estimate of drug-likeness (QED) is 0.731. The number of aryl methyl sites for hydroxylation is 2. The summed E-state index contributed by atoms with van der Waals surface area (Å²) in [6, 6.07) is 0. The van der Waals surface area contributed by atoms with E-state index in [1.165, 1.54) is 18.7 Å². The summed E-state index contributed by atoms with van der Waals surface area (Å²) < 4.78 is 2.29. The van der Waals surface area contributed by atoms with E-state index in [1.807, 2.05) is 6.20 Å². The van der Waals surface area contributed by atoms with E-state index in [1.54, 1.807) is 0 Å². The maximum Gasteiger partial charge on any atom is 0.108 e. The molecule has 1 unspecified atom stereocenters. The first-order chi connectivity index (χ1) is 8.63. The Morgan fingerprint density at radius 3 is 2.72 bits per heavy atom. The minimum atomic E-state index is 0.718. The minimum Gasteiger partial charge on any atom is -0.335 e. The Labute approximate surface area is 112 Å². The van der Waals surface area contributed by atoms with Gasteiger partial charge in [-0.2, -0.15) is 0 Å². The zero-order valence-corrected chi connectivity index (χ0v) is 12.4. The summed E-state index contributed by atoms with van der Waals surface area (Å²) in [6.45, 7) is 12.4. The molecular formula is C15H29N3. The third-order valence-electron chi connectivity index (χ3n) is 3.17. The molecule has 104 valence electrons. The van der Waals surface area contributed by atoms with Gasteiger partial charge in [0.25, 0.3) is 0 Å². The summed E-state index contributed by atoms with van der Waals surface area (Å²) in [6.07, 6.45) is 7.51. The average Bonchev–Trinajstić information content (AvgIpc) is 2.74. The summed E-state index contributed by atoms with van der Waals surface area (Å²) in [4.78, 5) is 4.46. The molecule has 0 amide bonds. The van der Waals surface area contributed by atoms with Gasteiger partial charge in [0.1, 0.15) is 5.82 Å². The van der Waals surface area contributed by atoms with Gasteiger partial charge >= 0.3 is 0 Å². The molecule has 3 nitrogen and oxygen atoms in total. The molecule has 0 bridgehead atoms. The van der Waals surface area contributed by atoms with Gasteiger partial charge in [-0.05, 0) is 37.8 Å². The normalized spacial score (nSPS) is 13.2. The maximum absolute atomic E-state index is 4.46. The lowest BCUT2D eigenvalue weighted by molar-refractivity contribution is 0.447. The van der Waals surface area contributed by atoms with Crippen molar-refractivity contribution >= 4 is 0 Å². The van der Waals surface area contributed by atoms with Crippen molar-refractivity contribution in [1.82, 2.24) is 14.9 Å². The van der Waals surface area contributed by atoms with E-state index >= 15 is 0 Å². The number of imidazole rings is 1. The van der Waals surface area contributed by atoms with Crippen LogP contribution in [0.3, 0.4) is 0 Å². The third kappa shape index (κ3) is 5.67. The summed E-state index contributed by atoms with van der Waals surface area (Å²) in [5.74, 6) is 2.70. The maximum atomic E-state index is 4.46. The van der Waals surface area contributed by atoms with Crippen LogP contribution in [0.1, 0.15) is 46.4 Å². The van der Waals surface area contributed by atoms with Gasteiger partial charge in [0.05, 0.1) is 0 Å². The van der Waals surface area contributed by atoms with Gasteiger partial charge in [-0.3, -0.25) is 0 Å². The Morgan fingerprint density at radius 1 is 1.28 bits per heavy atom.